The van der Waals surface area contributed by atoms with Crippen molar-refractivity contribution in [3.8, 4) is 0 Å². The minimum Gasteiger partial charge on any atom is -0.428 e. The fraction of sp³-hybridized carbons (Fsp3) is 0.444. The number of amides is 2. The van der Waals surface area contributed by atoms with Crippen LogP contribution in [-0.2, 0) is 28.7 Å². The second-order valence-electron chi connectivity index (χ2n) is 6.98. The summed E-state index contributed by atoms with van der Waals surface area (Å²) in [5.74, 6) is -2.10. The van der Waals surface area contributed by atoms with Crippen molar-refractivity contribution in [2.45, 2.75) is 25.3 Å². The molecule has 1 aromatic heterocycles. The Morgan fingerprint density at radius 2 is 2.22 bits per heavy atom. The Kier molecular flexibility index (Phi) is 7.03. The molecule has 0 aromatic carbocycles. The lowest BCUT2D eigenvalue weighted by atomic mass is 9.86. The molecule has 0 saturated carbocycles. The van der Waals surface area contributed by atoms with Crippen molar-refractivity contribution in [2.24, 2.45) is 10.6 Å². The van der Waals surface area contributed by atoms with E-state index >= 15 is 0 Å². The first kappa shape index (κ1) is 23.5. The first-order valence-electron chi connectivity index (χ1n) is 9.33. The van der Waals surface area contributed by atoms with Crippen LogP contribution < -0.4 is 11.1 Å². The van der Waals surface area contributed by atoms with E-state index in [0.29, 0.717) is 0 Å². The molecule has 0 aliphatic carbocycles. The molecular formula is C18H21N5O7S2. The standard InChI is InChI=1S/C18H21N5O7S2/c1-3-4-18(16(27)30-8-29-9(2)24)6-23-14(26)12(15(23)32-7-18)21-13(25)11(22-28)10-5-31-17(19)20-10/h3-5,12,15,28H,6-8H2,1-2H3,(H2,19,20)(H,21,25)/t12?,15-,18?/m1/s1. The Hall–Kier alpha value is -3.13. The largest absolute Gasteiger partial charge is 0.428 e. The molecule has 2 amide bonds. The normalized spacial score (nSPS) is 25.1. The average molecular weight is 484 g/mol. The first-order chi connectivity index (χ1) is 15.2. The minimum absolute atomic E-state index is 0.0443. The van der Waals surface area contributed by atoms with E-state index in [4.69, 9.17) is 10.5 Å². The van der Waals surface area contributed by atoms with Crippen molar-refractivity contribution in [3.05, 3.63) is 23.2 Å². The van der Waals surface area contributed by atoms with Crippen LogP contribution in [0.15, 0.2) is 22.7 Å². The van der Waals surface area contributed by atoms with E-state index in [2.05, 4.69) is 20.2 Å². The summed E-state index contributed by atoms with van der Waals surface area (Å²) >= 11 is 2.37. The number of hydrogen-bond acceptors (Lipinski definition) is 12. The van der Waals surface area contributed by atoms with Crippen LogP contribution >= 0.6 is 23.1 Å². The summed E-state index contributed by atoms with van der Waals surface area (Å²) in [6.45, 7) is 2.46. The third-order valence-corrected chi connectivity index (χ3v) is 7.04. The number of β-lactam (4-membered cyclic amide) rings is 1. The number of allylic oxidation sites excluding steroid dienone is 1. The number of nitrogen functional groups attached to an aromatic ring is 1. The number of anilines is 1. The lowest BCUT2D eigenvalue weighted by Crippen LogP contribution is -2.74. The molecule has 2 aliphatic heterocycles. The first-order valence-corrected chi connectivity index (χ1v) is 11.3. The highest BCUT2D eigenvalue weighted by atomic mass is 32.2. The van der Waals surface area contributed by atoms with E-state index in [1.54, 1.807) is 19.1 Å². The number of aromatic nitrogens is 1. The van der Waals surface area contributed by atoms with Gasteiger partial charge in [0.05, 0.1) is 0 Å². The number of fused-ring (bicyclic) bond motifs is 1. The lowest BCUT2D eigenvalue weighted by molar-refractivity contribution is -0.173. The topological polar surface area (TPSA) is 174 Å². The van der Waals surface area contributed by atoms with E-state index in [-0.39, 0.29) is 28.8 Å². The maximum atomic E-state index is 12.7. The molecule has 14 heteroatoms. The number of thioether (sulfide) groups is 1. The number of hydrogen-bond donors (Lipinski definition) is 3. The number of carbonyl (C=O) groups excluding carboxylic acids is 4. The molecule has 172 valence electrons. The summed E-state index contributed by atoms with van der Waals surface area (Å²) in [5.41, 5.74) is 4.17. The third-order valence-electron chi connectivity index (χ3n) is 4.82. The second-order valence-corrected chi connectivity index (χ2v) is 8.97. The van der Waals surface area contributed by atoms with Crippen molar-refractivity contribution in [1.29, 1.82) is 0 Å². The van der Waals surface area contributed by atoms with E-state index in [9.17, 15) is 24.4 Å². The molecule has 3 atom stereocenters. The van der Waals surface area contributed by atoms with Crippen molar-refractivity contribution < 1.29 is 33.9 Å². The monoisotopic (exact) mass is 483 g/mol. The number of nitrogens with two attached hydrogens (primary N) is 1. The van der Waals surface area contributed by atoms with Gasteiger partial charge in [0.1, 0.15) is 22.5 Å². The smallest absolute Gasteiger partial charge is 0.321 e. The van der Waals surface area contributed by atoms with Gasteiger partial charge >= 0.3 is 11.9 Å². The van der Waals surface area contributed by atoms with E-state index < -0.39 is 47.4 Å². The predicted molar refractivity (Wildman–Crippen MR) is 115 cm³/mol. The van der Waals surface area contributed by atoms with Gasteiger partial charge in [-0.25, -0.2) is 4.98 Å². The van der Waals surface area contributed by atoms with Crippen LogP contribution in [0.2, 0.25) is 0 Å². The molecule has 12 nitrogen and oxygen atoms in total. The predicted octanol–water partition coefficient (Wildman–Crippen LogP) is -0.0702. The highest BCUT2D eigenvalue weighted by Gasteiger charge is 2.57. The SMILES string of the molecule is CC=CC1(C(=O)OCOC(C)=O)CS[C@@H]2C(NC(=O)C(=NO)c3csc(N)n3)C(=O)N2C1. The minimum atomic E-state index is -1.11. The molecule has 3 heterocycles. The van der Waals surface area contributed by atoms with Crippen LogP contribution in [-0.4, -0.2) is 75.1 Å². The van der Waals surface area contributed by atoms with Crippen LogP contribution in [0.25, 0.3) is 0 Å². The molecule has 2 saturated heterocycles. The highest BCUT2D eigenvalue weighted by molar-refractivity contribution is 8.00. The summed E-state index contributed by atoms with van der Waals surface area (Å²) in [6.07, 6.45) is 3.33. The van der Waals surface area contributed by atoms with Gasteiger partial charge in [0.25, 0.3) is 5.91 Å². The summed E-state index contributed by atoms with van der Waals surface area (Å²) < 4.78 is 9.72. The number of ether oxygens (including phenoxy) is 2. The molecule has 4 N–H and O–H groups in total. The number of nitrogens with one attached hydrogen (secondary N) is 1. The summed E-state index contributed by atoms with van der Waals surface area (Å²) in [5, 5.41) is 16.0. The second kappa shape index (κ2) is 9.56. The Labute approximate surface area is 190 Å². The molecule has 2 fully saturated rings. The van der Waals surface area contributed by atoms with Crippen molar-refractivity contribution in [3.63, 3.8) is 0 Å². The van der Waals surface area contributed by atoms with Gasteiger partial charge in [-0.2, -0.15) is 0 Å². The van der Waals surface area contributed by atoms with E-state index in [1.165, 1.54) is 29.0 Å². The van der Waals surface area contributed by atoms with Crippen molar-refractivity contribution >= 4 is 57.7 Å². The maximum Gasteiger partial charge on any atom is 0.321 e. The average Bonchev–Trinajstić information content (AvgIpc) is 3.18. The van der Waals surface area contributed by atoms with Crippen molar-refractivity contribution in [1.82, 2.24) is 15.2 Å². The third kappa shape index (κ3) is 4.55. The van der Waals surface area contributed by atoms with Gasteiger partial charge in [0, 0.05) is 24.6 Å². The van der Waals surface area contributed by atoms with E-state index in [0.717, 1.165) is 11.3 Å². The molecule has 0 bridgehead atoms. The summed E-state index contributed by atoms with van der Waals surface area (Å²) in [6, 6.07) is -0.860. The summed E-state index contributed by atoms with van der Waals surface area (Å²) in [4.78, 5) is 54.2. The number of nitrogens with zero attached hydrogens (tertiary/aromatic N) is 3. The van der Waals surface area contributed by atoms with Crippen molar-refractivity contribution in [2.75, 3.05) is 24.8 Å². The molecule has 2 aliphatic rings. The van der Waals surface area contributed by atoms with Gasteiger partial charge < -0.3 is 30.6 Å². The fourth-order valence-corrected chi connectivity index (χ4v) is 5.39. The van der Waals surface area contributed by atoms with Crippen LogP contribution in [0.1, 0.15) is 19.5 Å². The molecule has 3 rings (SSSR count). The zero-order chi connectivity index (χ0) is 23.5. The Bertz CT molecular complexity index is 994. The van der Waals surface area contributed by atoms with Gasteiger partial charge in [-0.05, 0) is 6.92 Å². The quantitative estimate of drug-likeness (QED) is 0.0906. The Morgan fingerprint density at radius 3 is 2.81 bits per heavy atom. The Balaban J connectivity index is 1.66. The van der Waals surface area contributed by atoms with Gasteiger partial charge in [0.15, 0.2) is 10.8 Å². The lowest BCUT2D eigenvalue weighted by Gasteiger charge is -2.53. The molecule has 0 spiro atoms. The van der Waals surface area contributed by atoms with Gasteiger partial charge in [-0.15, -0.1) is 23.1 Å². The number of carbonyl (C=O) groups is 4. The molecule has 32 heavy (non-hydrogen) atoms. The van der Waals surface area contributed by atoms with Gasteiger partial charge in [-0.1, -0.05) is 17.3 Å². The van der Waals surface area contributed by atoms with Crippen LogP contribution in [0, 0.1) is 5.41 Å². The molecule has 1 aromatic rings. The molecule has 2 unspecified atom stereocenters. The van der Waals surface area contributed by atoms with Gasteiger partial charge in [-0.3, -0.25) is 19.2 Å². The number of oxime groups is 1. The molecular weight excluding hydrogens is 462 g/mol. The highest BCUT2D eigenvalue weighted by Crippen LogP contribution is 2.43. The number of esters is 2. The zero-order valence-corrected chi connectivity index (χ0v) is 18.8. The Morgan fingerprint density at radius 1 is 1.47 bits per heavy atom. The molecule has 0 radical (unpaired) electrons. The van der Waals surface area contributed by atoms with Crippen LogP contribution in [0.5, 0.6) is 0 Å². The van der Waals surface area contributed by atoms with Crippen LogP contribution in [0.3, 0.4) is 0 Å². The zero-order valence-electron chi connectivity index (χ0n) is 17.1. The maximum absolute atomic E-state index is 12.7. The number of rotatable bonds is 7. The summed E-state index contributed by atoms with van der Waals surface area (Å²) in [7, 11) is 0. The van der Waals surface area contributed by atoms with Crippen LogP contribution in [0.4, 0.5) is 5.13 Å². The van der Waals surface area contributed by atoms with Gasteiger partial charge in [0.2, 0.25) is 12.7 Å². The van der Waals surface area contributed by atoms with E-state index in [1.807, 2.05) is 0 Å². The number of thiazole rings is 1. The fourth-order valence-electron chi connectivity index (χ4n) is 3.33.